The highest BCUT2D eigenvalue weighted by atomic mass is 16.6. The maximum atomic E-state index is 11.3. The predicted molar refractivity (Wildman–Crippen MR) is 58.6 cm³/mol. The third-order valence-corrected chi connectivity index (χ3v) is 1.50. The fourth-order valence-corrected chi connectivity index (χ4v) is 1.01. The number of aromatic nitrogens is 1. The zero-order valence-electron chi connectivity index (χ0n) is 9.28. The number of ether oxygens (including phenoxy) is 1. The summed E-state index contributed by atoms with van der Waals surface area (Å²) in [6.45, 7) is 5.65. The zero-order chi connectivity index (χ0) is 11.3. The van der Waals surface area contributed by atoms with Crippen molar-refractivity contribution in [2.75, 3.05) is 11.9 Å². The number of anilines is 1. The summed E-state index contributed by atoms with van der Waals surface area (Å²) >= 11 is 0. The average molecular weight is 208 g/mol. The number of pyridine rings is 1. The minimum absolute atomic E-state index is 0.133. The second kappa shape index (κ2) is 4.77. The van der Waals surface area contributed by atoms with Gasteiger partial charge in [-0.25, -0.2) is 4.98 Å². The lowest BCUT2D eigenvalue weighted by Gasteiger charge is -2.19. The molecule has 0 amide bonds. The van der Waals surface area contributed by atoms with Gasteiger partial charge < -0.3 is 10.1 Å². The Morgan fingerprint density at radius 3 is 2.73 bits per heavy atom. The van der Waals surface area contributed by atoms with Gasteiger partial charge in [-0.1, -0.05) is 6.07 Å². The molecule has 0 spiro atoms. The normalized spacial score (nSPS) is 10.9. The van der Waals surface area contributed by atoms with Crippen LogP contribution in [-0.2, 0) is 9.53 Å². The number of esters is 1. The van der Waals surface area contributed by atoms with Crippen LogP contribution in [0.2, 0.25) is 0 Å². The smallest absolute Gasteiger partial charge is 0.325 e. The predicted octanol–water partition coefficient (Wildman–Crippen LogP) is 1.84. The van der Waals surface area contributed by atoms with Crippen LogP contribution in [0.15, 0.2) is 24.4 Å². The number of carbonyl (C=O) groups excluding carboxylic acids is 1. The van der Waals surface area contributed by atoms with Crippen LogP contribution in [-0.4, -0.2) is 23.1 Å². The summed E-state index contributed by atoms with van der Waals surface area (Å²) in [7, 11) is 0. The van der Waals surface area contributed by atoms with Crippen LogP contribution in [0.1, 0.15) is 20.8 Å². The molecule has 1 aromatic rings. The zero-order valence-corrected chi connectivity index (χ0v) is 9.28. The van der Waals surface area contributed by atoms with Gasteiger partial charge in [0.05, 0.1) is 0 Å². The molecule has 1 heterocycles. The number of carbonyl (C=O) groups is 1. The number of hydrogen-bond acceptors (Lipinski definition) is 4. The third kappa shape index (κ3) is 5.00. The first kappa shape index (κ1) is 11.5. The van der Waals surface area contributed by atoms with Crippen LogP contribution in [0.4, 0.5) is 5.82 Å². The third-order valence-electron chi connectivity index (χ3n) is 1.50. The Labute approximate surface area is 89.7 Å². The van der Waals surface area contributed by atoms with Crippen LogP contribution in [0.3, 0.4) is 0 Å². The summed E-state index contributed by atoms with van der Waals surface area (Å²) in [4.78, 5) is 15.3. The molecule has 0 atom stereocenters. The highest BCUT2D eigenvalue weighted by Crippen LogP contribution is 2.07. The highest BCUT2D eigenvalue weighted by Gasteiger charge is 2.15. The molecule has 0 bridgehead atoms. The van der Waals surface area contributed by atoms with E-state index in [1.807, 2.05) is 32.9 Å². The monoisotopic (exact) mass is 208 g/mol. The van der Waals surface area contributed by atoms with Gasteiger partial charge in [0, 0.05) is 6.20 Å². The minimum Gasteiger partial charge on any atom is -0.459 e. The second-order valence-corrected chi connectivity index (χ2v) is 4.15. The first-order chi connectivity index (χ1) is 6.97. The van der Waals surface area contributed by atoms with E-state index in [2.05, 4.69) is 10.3 Å². The molecule has 1 rings (SSSR count). The SMILES string of the molecule is CC(C)(C)OC(=O)CNc1ccccn1. The quantitative estimate of drug-likeness (QED) is 0.770. The van der Waals surface area contributed by atoms with Gasteiger partial charge in [0.2, 0.25) is 0 Å². The van der Waals surface area contributed by atoms with Crippen LogP contribution >= 0.6 is 0 Å². The Morgan fingerprint density at radius 2 is 2.20 bits per heavy atom. The van der Waals surface area contributed by atoms with E-state index in [4.69, 9.17) is 4.74 Å². The molecule has 0 radical (unpaired) electrons. The van der Waals surface area contributed by atoms with Gasteiger partial charge in [0.15, 0.2) is 0 Å². The Balaban J connectivity index is 2.35. The first-order valence-electron chi connectivity index (χ1n) is 4.84. The maximum Gasteiger partial charge on any atom is 0.325 e. The van der Waals surface area contributed by atoms with E-state index >= 15 is 0 Å². The fraction of sp³-hybridized carbons (Fsp3) is 0.455. The van der Waals surface area contributed by atoms with Crippen LogP contribution < -0.4 is 5.32 Å². The molecule has 0 aromatic carbocycles. The summed E-state index contributed by atoms with van der Waals surface area (Å²) < 4.78 is 5.13. The van der Waals surface area contributed by atoms with Gasteiger partial charge in [-0.15, -0.1) is 0 Å². The van der Waals surface area contributed by atoms with E-state index in [0.717, 1.165) is 0 Å². The van der Waals surface area contributed by atoms with Crippen LogP contribution in [0, 0.1) is 0 Å². The number of rotatable bonds is 3. The largest absolute Gasteiger partial charge is 0.459 e. The topological polar surface area (TPSA) is 51.2 Å². The molecule has 0 aliphatic rings. The van der Waals surface area contributed by atoms with Crippen molar-refractivity contribution in [3.05, 3.63) is 24.4 Å². The molecule has 1 N–H and O–H groups in total. The number of hydrogen-bond donors (Lipinski definition) is 1. The lowest BCUT2D eigenvalue weighted by molar-refractivity contribution is -0.152. The van der Waals surface area contributed by atoms with Crippen molar-refractivity contribution >= 4 is 11.8 Å². The Bertz CT molecular complexity index is 317. The molecule has 0 saturated carbocycles. The standard InChI is InChI=1S/C11H16N2O2/c1-11(2,3)15-10(14)8-13-9-6-4-5-7-12-9/h4-7H,8H2,1-3H3,(H,12,13). The van der Waals surface area contributed by atoms with Crippen molar-refractivity contribution < 1.29 is 9.53 Å². The van der Waals surface area contributed by atoms with Crippen LogP contribution in [0.25, 0.3) is 0 Å². The van der Waals surface area contributed by atoms with Crippen molar-refractivity contribution in [3.8, 4) is 0 Å². The summed E-state index contributed by atoms with van der Waals surface area (Å²) in [6, 6.07) is 5.47. The minimum atomic E-state index is -0.442. The molecule has 0 aliphatic carbocycles. The van der Waals surface area contributed by atoms with E-state index in [1.54, 1.807) is 12.3 Å². The summed E-state index contributed by atoms with van der Waals surface area (Å²) in [6.07, 6.45) is 1.66. The molecule has 0 aliphatic heterocycles. The molecule has 4 nitrogen and oxygen atoms in total. The molecular formula is C11H16N2O2. The lowest BCUT2D eigenvalue weighted by Crippen LogP contribution is -2.28. The van der Waals surface area contributed by atoms with E-state index in [0.29, 0.717) is 5.82 Å². The van der Waals surface area contributed by atoms with E-state index in [-0.39, 0.29) is 12.5 Å². The number of nitrogens with zero attached hydrogens (tertiary/aromatic N) is 1. The van der Waals surface area contributed by atoms with Crippen LogP contribution in [0.5, 0.6) is 0 Å². The van der Waals surface area contributed by atoms with Gasteiger partial charge in [0.25, 0.3) is 0 Å². The first-order valence-corrected chi connectivity index (χ1v) is 4.84. The summed E-state index contributed by atoms with van der Waals surface area (Å²) in [5, 5.41) is 2.88. The number of nitrogens with one attached hydrogen (secondary N) is 1. The molecule has 82 valence electrons. The molecule has 0 fully saturated rings. The van der Waals surface area contributed by atoms with E-state index in [1.165, 1.54) is 0 Å². The maximum absolute atomic E-state index is 11.3. The summed E-state index contributed by atoms with van der Waals surface area (Å²) in [5.41, 5.74) is -0.442. The van der Waals surface area contributed by atoms with E-state index < -0.39 is 5.60 Å². The van der Waals surface area contributed by atoms with Gasteiger partial charge in [-0.3, -0.25) is 4.79 Å². The van der Waals surface area contributed by atoms with Crippen molar-refractivity contribution in [3.63, 3.8) is 0 Å². The average Bonchev–Trinajstić information content (AvgIpc) is 2.14. The Morgan fingerprint density at radius 1 is 1.47 bits per heavy atom. The van der Waals surface area contributed by atoms with Gasteiger partial charge in [-0.05, 0) is 32.9 Å². The molecule has 0 unspecified atom stereocenters. The molecular weight excluding hydrogens is 192 g/mol. The molecule has 1 aromatic heterocycles. The van der Waals surface area contributed by atoms with Crippen molar-refractivity contribution in [1.82, 2.24) is 4.98 Å². The fourth-order valence-electron chi connectivity index (χ4n) is 1.01. The van der Waals surface area contributed by atoms with E-state index in [9.17, 15) is 4.79 Å². The van der Waals surface area contributed by atoms with Crippen molar-refractivity contribution in [2.24, 2.45) is 0 Å². The molecule has 15 heavy (non-hydrogen) atoms. The summed E-state index contributed by atoms with van der Waals surface area (Å²) in [5.74, 6) is 0.386. The lowest BCUT2D eigenvalue weighted by atomic mass is 10.2. The van der Waals surface area contributed by atoms with Gasteiger partial charge >= 0.3 is 5.97 Å². The highest BCUT2D eigenvalue weighted by molar-refractivity contribution is 5.74. The Kier molecular flexibility index (Phi) is 3.66. The molecule has 0 saturated heterocycles. The van der Waals surface area contributed by atoms with Gasteiger partial charge in [0.1, 0.15) is 18.0 Å². The van der Waals surface area contributed by atoms with Crippen molar-refractivity contribution in [2.45, 2.75) is 26.4 Å². The van der Waals surface area contributed by atoms with Crippen molar-refractivity contribution in [1.29, 1.82) is 0 Å². The van der Waals surface area contributed by atoms with Gasteiger partial charge in [-0.2, -0.15) is 0 Å². The Hall–Kier alpha value is -1.58. The molecule has 4 heteroatoms. The second-order valence-electron chi connectivity index (χ2n) is 4.15.